The van der Waals surface area contributed by atoms with Crippen molar-refractivity contribution >= 4 is 41.9 Å². The summed E-state index contributed by atoms with van der Waals surface area (Å²) < 4.78 is 53.1. The highest BCUT2D eigenvalue weighted by Gasteiger charge is 2.78. The maximum atomic E-state index is 15.9. The molecule has 11 atom stereocenters. The van der Waals surface area contributed by atoms with Crippen LogP contribution in [0.2, 0.25) is 0 Å². The van der Waals surface area contributed by atoms with E-state index >= 15 is 9.59 Å². The van der Waals surface area contributed by atoms with Crippen molar-refractivity contribution in [3.63, 3.8) is 0 Å². The first-order valence-electron chi connectivity index (χ1n) is 28.8. The first-order valence-corrected chi connectivity index (χ1v) is 28.8. The van der Waals surface area contributed by atoms with Crippen LogP contribution >= 0.6 is 0 Å². The molecule has 1 aromatic carbocycles. The van der Waals surface area contributed by atoms with Crippen LogP contribution in [0.15, 0.2) is 96.2 Å². The second-order valence-corrected chi connectivity index (χ2v) is 23.9. The standard InChI is InChI=1S/C64H89NO18/c1-14-15-16-17-18-19-20-21-22-23-24-25-26-27-28-29-30-35-49(68)79-51(44(36-40(2)3)65-58(72)83-60(6,7)8)57(71)78-46-38-64(74)55(81-56(70)43-33-31-32-34-45(43)75-12)53-62(11,47(67)37-48-63(53,39-77-48)82-42(5)66)54(69)52(80-59(73)76-13)50(41(46)4)61(64,9)10/h15-16,18-19,21-22,24-25,27-28,31-34,40,44,46-48,51-53,55,67,74H,14,17,20,23,26,29-30,35-39H2,1-13H3,(H,65,72)/b16-15-,19-18-,22-21-,25-24-,28-27-/t44-,46-,47-,48+,51+,52+,53?,55-,62+,63-,64+/m0/s1. The number of carbonyl (C=O) groups excluding carboxylic acids is 7. The number of para-hydroxylation sites is 1. The topological polar surface area (TPSA) is 255 Å². The minimum atomic E-state index is -2.53. The van der Waals surface area contributed by atoms with Crippen molar-refractivity contribution in [3.05, 3.63) is 102 Å². The number of esters is 4. The SMILES string of the molecule is CC/C=C\C/C=C\C/C=C\C/C=C\C/C=C\CCCC(=O)O[C@@H](C(=O)O[C@H]1C[C@@]2(O)[C@@H](OC(=O)c3ccccc3OC)C3[C@](C)(C(=O)[C@H](OC(=O)OC)C(=C1C)C2(C)C)[C@@H](O)C[C@H]1OC[C@@]31OC(C)=O)[C@H](CC(C)C)NC(=O)OC(C)(C)C. The van der Waals surface area contributed by atoms with Crippen molar-refractivity contribution in [2.45, 2.75) is 206 Å². The number of carbonyl (C=O) groups is 7. The summed E-state index contributed by atoms with van der Waals surface area (Å²) in [5.74, 6) is -6.60. The van der Waals surface area contributed by atoms with E-state index in [0.717, 1.165) is 39.7 Å². The Morgan fingerprint density at radius 3 is 2.01 bits per heavy atom. The van der Waals surface area contributed by atoms with E-state index in [9.17, 15) is 34.2 Å². The molecule has 0 aromatic heterocycles. The van der Waals surface area contributed by atoms with Crippen LogP contribution < -0.4 is 10.1 Å². The zero-order chi connectivity index (χ0) is 61.5. The Hall–Kier alpha value is -6.57. The molecule has 2 bridgehead atoms. The second-order valence-electron chi connectivity index (χ2n) is 23.9. The number of unbranched alkanes of at least 4 members (excludes halogenated alkanes) is 1. The number of ketones is 1. The second kappa shape index (κ2) is 29.3. The van der Waals surface area contributed by atoms with Gasteiger partial charge in [0.15, 0.2) is 17.5 Å². The van der Waals surface area contributed by atoms with Gasteiger partial charge in [0.25, 0.3) is 0 Å². The minimum Gasteiger partial charge on any atom is -0.496 e. The van der Waals surface area contributed by atoms with Crippen molar-refractivity contribution in [2.75, 3.05) is 20.8 Å². The molecule has 3 N–H and O–H groups in total. The van der Waals surface area contributed by atoms with Crippen LogP contribution in [-0.4, -0.2) is 132 Å². The number of rotatable bonds is 25. The van der Waals surface area contributed by atoms with Gasteiger partial charge in [0, 0.05) is 31.6 Å². The molecule has 5 rings (SSSR count). The first kappa shape index (κ1) is 67.2. The van der Waals surface area contributed by atoms with Crippen LogP contribution in [-0.2, 0) is 57.1 Å². The highest BCUT2D eigenvalue weighted by Crippen LogP contribution is 2.64. The van der Waals surface area contributed by atoms with Crippen molar-refractivity contribution in [1.29, 1.82) is 0 Å². The first-order chi connectivity index (χ1) is 39.1. The summed E-state index contributed by atoms with van der Waals surface area (Å²) in [5, 5.41) is 29.1. The van der Waals surface area contributed by atoms with Crippen molar-refractivity contribution in [3.8, 4) is 5.75 Å². The largest absolute Gasteiger partial charge is 0.509 e. The minimum absolute atomic E-state index is 0.0720. The molecule has 3 fully saturated rings. The van der Waals surface area contributed by atoms with E-state index in [0.29, 0.717) is 19.3 Å². The number of alkyl carbamates (subject to hydrolysis) is 1. The lowest BCUT2D eigenvalue weighted by atomic mass is 9.44. The number of allylic oxidation sites excluding steroid dienone is 10. The predicted octanol–water partition coefficient (Wildman–Crippen LogP) is 10.2. The molecule has 83 heavy (non-hydrogen) atoms. The quantitative estimate of drug-likeness (QED) is 0.0356. The van der Waals surface area contributed by atoms with E-state index < -0.39 is 125 Å². The number of ether oxygens (including phenoxy) is 9. The zero-order valence-electron chi connectivity index (χ0n) is 50.7. The number of methoxy groups -OCH3 is 2. The number of benzene rings is 1. The molecular formula is C64H89NO18. The van der Waals surface area contributed by atoms with Crippen molar-refractivity contribution in [1.82, 2.24) is 5.32 Å². The van der Waals surface area contributed by atoms with Gasteiger partial charge in [-0.1, -0.05) is 108 Å². The van der Waals surface area contributed by atoms with E-state index in [1.807, 2.05) is 26.0 Å². The molecule has 3 aliphatic carbocycles. The highest BCUT2D eigenvalue weighted by atomic mass is 16.7. The van der Waals surface area contributed by atoms with Crippen LogP contribution in [0.3, 0.4) is 0 Å². The lowest BCUT2D eigenvalue weighted by Crippen LogP contribution is -2.82. The van der Waals surface area contributed by atoms with Gasteiger partial charge >= 0.3 is 36.1 Å². The number of aliphatic hydroxyl groups excluding tert-OH is 1. The number of aliphatic hydroxyl groups is 2. The molecule has 0 spiro atoms. The number of Topliss-reactive ketones (excluding diaryl/α,β-unsaturated/α-hetero) is 1. The van der Waals surface area contributed by atoms with Gasteiger partial charge in [-0.05, 0) is 115 Å². The van der Waals surface area contributed by atoms with E-state index in [-0.39, 0.29) is 54.2 Å². The van der Waals surface area contributed by atoms with Crippen LogP contribution in [0, 0.1) is 22.7 Å². The van der Waals surface area contributed by atoms with Gasteiger partial charge in [-0.25, -0.2) is 19.2 Å². The fraction of sp³-hybridized carbons (Fsp3) is 0.609. The summed E-state index contributed by atoms with van der Waals surface area (Å²) >= 11 is 0. The van der Waals surface area contributed by atoms with Gasteiger partial charge in [0.2, 0.25) is 6.10 Å². The third kappa shape index (κ3) is 16.0. The van der Waals surface area contributed by atoms with Crippen molar-refractivity contribution < 1.29 is 86.4 Å². The molecule has 1 aliphatic heterocycles. The summed E-state index contributed by atoms with van der Waals surface area (Å²) in [4.78, 5) is 100. The Bertz CT molecular complexity index is 2660. The fourth-order valence-corrected chi connectivity index (χ4v) is 11.9. The fourth-order valence-electron chi connectivity index (χ4n) is 11.9. The molecule has 1 amide bonds. The summed E-state index contributed by atoms with van der Waals surface area (Å²) in [6.45, 7) is 17.4. The average molecular weight is 1160 g/mol. The molecule has 1 unspecified atom stereocenters. The van der Waals surface area contributed by atoms with Gasteiger partial charge in [0.05, 0.1) is 44.3 Å². The third-order valence-corrected chi connectivity index (χ3v) is 16.0. The maximum Gasteiger partial charge on any atom is 0.509 e. The molecule has 19 heteroatoms. The van der Waals surface area contributed by atoms with Gasteiger partial charge < -0.3 is 58.2 Å². The number of nitrogens with one attached hydrogen (secondary N) is 1. The number of fused-ring (bicyclic) bond motifs is 5. The summed E-state index contributed by atoms with van der Waals surface area (Å²) in [5.41, 5.74) is -9.46. The van der Waals surface area contributed by atoms with Gasteiger partial charge in [-0.15, -0.1) is 0 Å². The Labute approximate surface area is 489 Å². The monoisotopic (exact) mass is 1160 g/mol. The van der Waals surface area contributed by atoms with E-state index in [1.54, 1.807) is 32.9 Å². The summed E-state index contributed by atoms with van der Waals surface area (Å²) in [6.07, 6.45) is 12.7. The van der Waals surface area contributed by atoms with Gasteiger partial charge in [-0.3, -0.25) is 14.4 Å². The Kier molecular flexibility index (Phi) is 23.7. The van der Waals surface area contributed by atoms with E-state index in [2.05, 4.69) is 60.8 Å². The summed E-state index contributed by atoms with van der Waals surface area (Å²) in [6, 6.07) is 4.86. The highest BCUT2D eigenvalue weighted by molar-refractivity contribution is 5.96. The zero-order valence-corrected chi connectivity index (χ0v) is 50.7. The van der Waals surface area contributed by atoms with Gasteiger partial charge in [0.1, 0.15) is 40.8 Å². The molecule has 2 saturated carbocycles. The number of hydrogen-bond acceptors (Lipinski definition) is 18. The Morgan fingerprint density at radius 2 is 1.47 bits per heavy atom. The third-order valence-electron chi connectivity index (χ3n) is 16.0. The number of amides is 1. The van der Waals surface area contributed by atoms with E-state index in [1.165, 1.54) is 46.9 Å². The molecule has 4 aliphatic rings. The van der Waals surface area contributed by atoms with Gasteiger partial charge in [-0.2, -0.15) is 0 Å². The molecule has 19 nitrogen and oxygen atoms in total. The Morgan fingerprint density at radius 1 is 0.867 bits per heavy atom. The number of hydrogen-bond donors (Lipinski definition) is 3. The molecule has 1 heterocycles. The van der Waals surface area contributed by atoms with Crippen LogP contribution in [0.5, 0.6) is 5.75 Å². The summed E-state index contributed by atoms with van der Waals surface area (Å²) in [7, 11) is 2.36. The maximum absolute atomic E-state index is 15.9. The molecule has 0 radical (unpaired) electrons. The van der Waals surface area contributed by atoms with Crippen molar-refractivity contribution in [2.24, 2.45) is 22.7 Å². The molecule has 458 valence electrons. The van der Waals surface area contributed by atoms with Crippen LogP contribution in [0.1, 0.15) is 157 Å². The smallest absolute Gasteiger partial charge is 0.496 e. The normalized spacial score (nSPS) is 27.5. The molecule has 1 saturated heterocycles. The average Bonchev–Trinajstić information content (AvgIpc) is 0.700. The van der Waals surface area contributed by atoms with E-state index in [4.69, 9.17) is 42.6 Å². The van der Waals surface area contributed by atoms with Crippen LogP contribution in [0.25, 0.3) is 0 Å². The molecule has 1 aromatic rings. The lowest BCUT2D eigenvalue weighted by molar-refractivity contribution is -0.346. The van der Waals surface area contributed by atoms with Crippen LogP contribution in [0.4, 0.5) is 9.59 Å². The lowest BCUT2D eigenvalue weighted by Gasteiger charge is -2.67. The predicted molar refractivity (Wildman–Crippen MR) is 308 cm³/mol. The molecular weight excluding hydrogens is 1070 g/mol. The Balaban J connectivity index is 1.56.